The molecule has 3 heterocycles. The number of rotatable bonds is 3. The normalized spacial score (nSPS) is 30.2. The summed E-state index contributed by atoms with van der Waals surface area (Å²) in [5.41, 5.74) is 1.68. The SMILES string of the molecule is O=C(N[C@H]1CCN2CCCC[C@H]12)c1cc(C2CC2)[nH]n1. The molecule has 0 radical (unpaired) electrons. The highest BCUT2D eigenvalue weighted by Crippen LogP contribution is 2.39. The Balaban J connectivity index is 1.41. The van der Waals surface area contributed by atoms with Gasteiger partial charge < -0.3 is 5.32 Å². The fourth-order valence-corrected chi connectivity index (χ4v) is 3.71. The maximum atomic E-state index is 12.3. The lowest BCUT2D eigenvalue weighted by atomic mass is 9.99. The second-order valence-corrected chi connectivity index (χ2v) is 6.45. The Morgan fingerprint density at radius 2 is 2.15 bits per heavy atom. The molecule has 0 bridgehead atoms. The molecular weight excluding hydrogens is 252 g/mol. The summed E-state index contributed by atoms with van der Waals surface area (Å²) in [4.78, 5) is 14.9. The molecule has 2 atom stereocenters. The highest BCUT2D eigenvalue weighted by atomic mass is 16.2. The van der Waals surface area contributed by atoms with E-state index in [1.807, 2.05) is 6.07 Å². The molecule has 3 fully saturated rings. The van der Waals surface area contributed by atoms with Gasteiger partial charge in [0.1, 0.15) is 5.69 Å². The number of nitrogens with one attached hydrogen (secondary N) is 2. The van der Waals surface area contributed by atoms with Crippen LogP contribution < -0.4 is 5.32 Å². The third-order valence-electron chi connectivity index (χ3n) is 5.02. The van der Waals surface area contributed by atoms with Crippen LogP contribution in [0.2, 0.25) is 0 Å². The molecule has 3 aliphatic rings. The van der Waals surface area contributed by atoms with E-state index in [1.54, 1.807) is 0 Å². The first-order chi connectivity index (χ1) is 9.81. The van der Waals surface area contributed by atoms with E-state index in [0.29, 0.717) is 23.7 Å². The summed E-state index contributed by atoms with van der Waals surface area (Å²) in [6.45, 7) is 2.33. The Hall–Kier alpha value is -1.36. The van der Waals surface area contributed by atoms with Crippen LogP contribution in [0.3, 0.4) is 0 Å². The van der Waals surface area contributed by atoms with Crippen molar-refractivity contribution in [3.8, 4) is 0 Å². The first kappa shape index (κ1) is 12.4. The number of carbonyl (C=O) groups excluding carboxylic acids is 1. The molecule has 0 unspecified atom stereocenters. The lowest BCUT2D eigenvalue weighted by Crippen LogP contribution is -2.46. The van der Waals surface area contributed by atoms with Gasteiger partial charge in [-0.05, 0) is 44.7 Å². The number of aromatic nitrogens is 2. The molecule has 1 saturated carbocycles. The van der Waals surface area contributed by atoms with Crippen LogP contribution >= 0.6 is 0 Å². The summed E-state index contributed by atoms with van der Waals surface area (Å²) < 4.78 is 0. The van der Waals surface area contributed by atoms with E-state index in [1.165, 1.54) is 38.6 Å². The van der Waals surface area contributed by atoms with Crippen LogP contribution in [0.4, 0.5) is 0 Å². The summed E-state index contributed by atoms with van der Waals surface area (Å²) in [6, 6.07) is 2.79. The van der Waals surface area contributed by atoms with Crippen molar-refractivity contribution in [2.75, 3.05) is 13.1 Å². The van der Waals surface area contributed by atoms with Gasteiger partial charge in [0.2, 0.25) is 0 Å². The quantitative estimate of drug-likeness (QED) is 0.881. The minimum Gasteiger partial charge on any atom is -0.346 e. The molecule has 1 amide bonds. The molecule has 0 spiro atoms. The van der Waals surface area contributed by atoms with Crippen molar-refractivity contribution in [3.63, 3.8) is 0 Å². The van der Waals surface area contributed by atoms with Crippen molar-refractivity contribution in [2.24, 2.45) is 0 Å². The van der Waals surface area contributed by atoms with Gasteiger partial charge >= 0.3 is 0 Å². The summed E-state index contributed by atoms with van der Waals surface area (Å²) in [6.07, 6.45) is 7.35. The number of amides is 1. The number of H-pyrrole nitrogens is 1. The molecular formula is C15H22N4O. The summed E-state index contributed by atoms with van der Waals surface area (Å²) in [5, 5.41) is 10.4. The number of piperidine rings is 1. The number of nitrogens with zero attached hydrogens (tertiary/aromatic N) is 2. The third kappa shape index (κ3) is 2.24. The van der Waals surface area contributed by atoms with Crippen LogP contribution in [-0.2, 0) is 0 Å². The van der Waals surface area contributed by atoms with Crippen LogP contribution in [0, 0.1) is 0 Å². The van der Waals surface area contributed by atoms with Crippen LogP contribution in [0.25, 0.3) is 0 Å². The predicted octanol–water partition coefficient (Wildman–Crippen LogP) is 1.64. The number of aromatic amines is 1. The van der Waals surface area contributed by atoms with Gasteiger partial charge in [-0.15, -0.1) is 0 Å². The van der Waals surface area contributed by atoms with Gasteiger partial charge in [0.15, 0.2) is 0 Å². The van der Waals surface area contributed by atoms with Gasteiger partial charge in [-0.2, -0.15) is 5.10 Å². The zero-order valence-electron chi connectivity index (χ0n) is 11.8. The zero-order chi connectivity index (χ0) is 13.5. The Labute approximate surface area is 119 Å². The topological polar surface area (TPSA) is 61.0 Å². The predicted molar refractivity (Wildman–Crippen MR) is 75.6 cm³/mol. The number of hydrogen-bond acceptors (Lipinski definition) is 3. The molecule has 0 aromatic carbocycles. The second-order valence-electron chi connectivity index (χ2n) is 6.45. The maximum Gasteiger partial charge on any atom is 0.272 e. The molecule has 1 aromatic rings. The Bertz CT molecular complexity index is 508. The fourth-order valence-electron chi connectivity index (χ4n) is 3.71. The molecule has 5 heteroatoms. The molecule has 2 saturated heterocycles. The molecule has 5 nitrogen and oxygen atoms in total. The first-order valence-electron chi connectivity index (χ1n) is 7.91. The first-order valence-corrected chi connectivity index (χ1v) is 7.91. The van der Waals surface area contributed by atoms with Crippen molar-refractivity contribution < 1.29 is 4.79 Å². The maximum absolute atomic E-state index is 12.3. The second kappa shape index (κ2) is 4.88. The highest BCUT2D eigenvalue weighted by molar-refractivity contribution is 5.92. The van der Waals surface area contributed by atoms with Crippen LogP contribution in [-0.4, -0.2) is 46.2 Å². The minimum atomic E-state index is -0.00873. The van der Waals surface area contributed by atoms with E-state index in [9.17, 15) is 4.79 Å². The Morgan fingerprint density at radius 3 is 3.00 bits per heavy atom. The van der Waals surface area contributed by atoms with Crippen LogP contribution in [0.1, 0.15) is 60.6 Å². The van der Waals surface area contributed by atoms with Gasteiger partial charge in [-0.25, -0.2) is 0 Å². The summed E-state index contributed by atoms with van der Waals surface area (Å²) in [7, 11) is 0. The monoisotopic (exact) mass is 274 g/mol. The van der Waals surface area contributed by atoms with Crippen LogP contribution in [0.15, 0.2) is 6.07 Å². The smallest absolute Gasteiger partial charge is 0.272 e. The third-order valence-corrected chi connectivity index (χ3v) is 5.02. The van der Waals surface area contributed by atoms with Crippen molar-refractivity contribution in [2.45, 2.75) is 56.5 Å². The lowest BCUT2D eigenvalue weighted by Gasteiger charge is -2.32. The lowest BCUT2D eigenvalue weighted by molar-refractivity contribution is 0.0910. The van der Waals surface area contributed by atoms with Crippen molar-refractivity contribution in [1.29, 1.82) is 0 Å². The van der Waals surface area contributed by atoms with Gasteiger partial charge in [0.05, 0.1) is 0 Å². The summed E-state index contributed by atoms with van der Waals surface area (Å²) >= 11 is 0. The van der Waals surface area contributed by atoms with Gasteiger partial charge in [0, 0.05) is 30.2 Å². The molecule has 2 aliphatic heterocycles. The zero-order valence-corrected chi connectivity index (χ0v) is 11.8. The largest absolute Gasteiger partial charge is 0.346 e. The van der Waals surface area contributed by atoms with E-state index < -0.39 is 0 Å². The van der Waals surface area contributed by atoms with Gasteiger partial charge in [0.25, 0.3) is 5.91 Å². The Kier molecular flexibility index (Phi) is 3.02. The summed E-state index contributed by atoms with van der Waals surface area (Å²) in [5.74, 6) is 0.606. The van der Waals surface area contributed by atoms with Crippen molar-refractivity contribution in [1.82, 2.24) is 20.4 Å². The molecule has 4 rings (SSSR count). The highest BCUT2D eigenvalue weighted by Gasteiger charge is 2.36. The minimum absolute atomic E-state index is 0.00873. The molecule has 108 valence electrons. The van der Waals surface area contributed by atoms with E-state index >= 15 is 0 Å². The molecule has 1 aliphatic carbocycles. The average molecular weight is 274 g/mol. The van der Waals surface area contributed by atoms with E-state index in [2.05, 4.69) is 20.4 Å². The van der Waals surface area contributed by atoms with Gasteiger partial charge in [-0.1, -0.05) is 6.42 Å². The van der Waals surface area contributed by atoms with Crippen LogP contribution in [0.5, 0.6) is 0 Å². The number of carbonyl (C=O) groups is 1. The number of hydrogen-bond donors (Lipinski definition) is 2. The van der Waals surface area contributed by atoms with E-state index in [4.69, 9.17) is 0 Å². The van der Waals surface area contributed by atoms with Gasteiger partial charge in [-0.3, -0.25) is 14.8 Å². The standard InChI is InChI=1S/C15H22N4O/c20-15(13-9-12(17-18-13)10-4-5-10)16-11-6-8-19-7-2-1-3-14(11)19/h9-11,14H,1-8H2,(H,16,20)(H,17,18)/t11-,14+/m0/s1. The molecule has 2 N–H and O–H groups in total. The molecule has 1 aromatic heterocycles. The van der Waals surface area contributed by atoms with E-state index in [-0.39, 0.29) is 5.91 Å². The van der Waals surface area contributed by atoms with Crippen molar-refractivity contribution in [3.05, 3.63) is 17.5 Å². The Morgan fingerprint density at radius 1 is 1.25 bits per heavy atom. The fraction of sp³-hybridized carbons (Fsp3) is 0.733. The van der Waals surface area contributed by atoms with Crippen molar-refractivity contribution >= 4 is 5.91 Å². The van der Waals surface area contributed by atoms with E-state index in [0.717, 1.165) is 18.7 Å². The number of fused-ring (bicyclic) bond motifs is 1. The molecule has 20 heavy (non-hydrogen) atoms. The average Bonchev–Trinajstić information content (AvgIpc) is 3.06.